The average Bonchev–Trinajstić information content (AvgIpc) is 2.97. The molecule has 0 radical (unpaired) electrons. The van der Waals surface area contributed by atoms with Crippen molar-refractivity contribution in [3.05, 3.63) is 16.7 Å². The Bertz CT molecular complexity index is 908. The molecular weight excluding hydrogens is 368 g/mol. The van der Waals surface area contributed by atoms with Gasteiger partial charge in [-0.15, -0.1) is 0 Å². The summed E-state index contributed by atoms with van der Waals surface area (Å²) < 4.78 is 35.4. The molecule has 0 amide bonds. The Morgan fingerprint density at radius 1 is 1.56 bits per heavy atom. The first-order chi connectivity index (χ1) is 11.5. The molecule has 1 aliphatic rings. The number of phosphoric acid groups is 1. The van der Waals surface area contributed by atoms with Crippen LogP contribution in [0.5, 0.6) is 0 Å². The van der Waals surface area contributed by atoms with E-state index in [2.05, 4.69) is 19.5 Å². The number of aliphatic hydroxyl groups excluding tert-OH is 1. The quantitative estimate of drug-likeness (QED) is 0.311. The molecule has 7 N–H and O–H groups in total. The lowest BCUT2D eigenvalue weighted by Crippen LogP contribution is -2.43. The molecular formula is C10H13FN5O8P. The molecule has 0 bridgehead atoms. The number of H-pyrrole nitrogens is 1. The van der Waals surface area contributed by atoms with Crippen LogP contribution in [0.3, 0.4) is 0 Å². The zero-order valence-electron chi connectivity index (χ0n) is 12.2. The van der Waals surface area contributed by atoms with Crippen LogP contribution in [-0.4, -0.2) is 64.2 Å². The molecule has 2 aromatic heterocycles. The molecule has 1 saturated heterocycles. The fourth-order valence-electron chi connectivity index (χ4n) is 2.42. The highest BCUT2D eigenvalue weighted by atomic mass is 31.2. The van der Waals surface area contributed by atoms with E-state index >= 15 is 0 Å². The number of aromatic amines is 1. The summed E-state index contributed by atoms with van der Waals surface area (Å²) in [6.07, 6.45) is -4.82. The second-order valence-electron chi connectivity index (χ2n) is 5.26. The van der Waals surface area contributed by atoms with Gasteiger partial charge in [-0.2, -0.15) is 4.98 Å². The highest BCUT2D eigenvalue weighted by Crippen LogP contribution is 2.43. The molecule has 2 aromatic rings. The first kappa shape index (κ1) is 17.9. The second-order valence-corrected chi connectivity index (χ2v) is 6.50. The lowest BCUT2D eigenvalue weighted by molar-refractivity contribution is -0.195. The minimum absolute atomic E-state index is 0.224. The monoisotopic (exact) mass is 381 g/mol. The topological polar surface area (TPSA) is 206 Å². The molecule has 0 saturated carbocycles. The van der Waals surface area contributed by atoms with E-state index in [9.17, 15) is 24.0 Å². The summed E-state index contributed by atoms with van der Waals surface area (Å²) in [6, 6.07) is 0. The highest BCUT2D eigenvalue weighted by Gasteiger charge is 2.58. The smallest absolute Gasteiger partial charge is 0.384 e. The number of nitrogens with zero attached hydrogens (tertiary/aromatic N) is 3. The average molecular weight is 381 g/mol. The lowest BCUT2D eigenvalue weighted by atomic mass is 10.1. The summed E-state index contributed by atoms with van der Waals surface area (Å²) in [6.45, 7) is -0.906. The summed E-state index contributed by atoms with van der Waals surface area (Å²) in [7, 11) is -4.91. The predicted molar refractivity (Wildman–Crippen MR) is 76.5 cm³/mol. The van der Waals surface area contributed by atoms with Crippen LogP contribution in [0.15, 0.2) is 11.1 Å². The first-order valence-corrected chi connectivity index (χ1v) is 8.21. The molecule has 13 nitrogen and oxygen atoms in total. The number of anilines is 1. The molecule has 0 unspecified atom stereocenters. The summed E-state index contributed by atoms with van der Waals surface area (Å²) in [5.41, 5.74) is 4.23. The van der Waals surface area contributed by atoms with E-state index in [1.54, 1.807) is 0 Å². The third-order valence-corrected chi connectivity index (χ3v) is 4.01. The van der Waals surface area contributed by atoms with Crippen molar-refractivity contribution in [2.24, 2.45) is 0 Å². The summed E-state index contributed by atoms with van der Waals surface area (Å²) >= 11 is 0. The van der Waals surface area contributed by atoms with Crippen LogP contribution in [0.2, 0.25) is 0 Å². The van der Waals surface area contributed by atoms with Gasteiger partial charge in [-0.1, -0.05) is 0 Å². The van der Waals surface area contributed by atoms with Gasteiger partial charge in [0, 0.05) is 0 Å². The van der Waals surface area contributed by atoms with Crippen LogP contribution in [0, 0.1) is 0 Å². The zero-order valence-corrected chi connectivity index (χ0v) is 13.1. The number of aromatic nitrogens is 4. The second kappa shape index (κ2) is 5.81. The van der Waals surface area contributed by atoms with E-state index in [1.807, 2.05) is 0 Å². The Hall–Kier alpha value is -1.93. The Balaban J connectivity index is 1.97. The molecule has 25 heavy (non-hydrogen) atoms. The van der Waals surface area contributed by atoms with Gasteiger partial charge in [-0.05, 0) is 0 Å². The van der Waals surface area contributed by atoms with Gasteiger partial charge in [0.15, 0.2) is 17.4 Å². The fourth-order valence-corrected chi connectivity index (χ4v) is 2.76. The van der Waals surface area contributed by atoms with E-state index in [0.717, 1.165) is 10.9 Å². The molecule has 3 heterocycles. The summed E-state index contributed by atoms with van der Waals surface area (Å²) in [5, 5.41) is 19.7. The van der Waals surface area contributed by atoms with Gasteiger partial charge in [0.25, 0.3) is 11.4 Å². The first-order valence-electron chi connectivity index (χ1n) is 6.68. The van der Waals surface area contributed by atoms with Crippen molar-refractivity contribution in [2.45, 2.75) is 24.3 Å². The number of nitrogens with two attached hydrogens (primary N) is 1. The molecule has 138 valence electrons. The number of aliphatic hydroxyl groups is 2. The van der Waals surface area contributed by atoms with Crippen molar-refractivity contribution in [3.8, 4) is 0 Å². The number of alkyl halides is 1. The number of hydrogen-bond acceptors (Lipinski definition) is 9. The SMILES string of the molecule is Nc1nc2c(ncn2[C@@H]2O[C@H](COP(=O)(O)O)[C@@H](O)[C@]2(O)F)c(=O)[nH]1. The van der Waals surface area contributed by atoms with Crippen LogP contribution < -0.4 is 11.3 Å². The normalized spacial score (nSPS) is 30.2. The lowest BCUT2D eigenvalue weighted by Gasteiger charge is -2.23. The van der Waals surface area contributed by atoms with Crippen molar-refractivity contribution in [2.75, 3.05) is 12.3 Å². The van der Waals surface area contributed by atoms with Crippen molar-refractivity contribution in [3.63, 3.8) is 0 Å². The largest absolute Gasteiger partial charge is 0.469 e. The molecule has 1 fully saturated rings. The number of rotatable bonds is 4. The maximum Gasteiger partial charge on any atom is 0.469 e. The molecule has 1 aliphatic heterocycles. The van der Waals surface area contributed by atoms with E-state index in [0.29, 0.717) is 0 Å². The van der Waals surface area contributed by atoms with Gasteiger partial charge in [0.2, 0.25) is 5.95 Å². The minimum Gasteiger partial charge on any atom is -0.384 e. The number of nitrogens with one attached hydrogen (secondary N) is 1. The third kappa shape index (κ3) is 3.16. The van der Waals surface area contributed by atoms with E-state index < -0.39 is 44.3 Å². The Morgan fingerprint density at radius 3 is 2.88 bits per heavy atom. The maximum absolute atomic E-state index is 14.6. The molecule has 15 heteroatoms. The van der Waals surface area contributed by atoms with Crippen LogP contribution in [-0.2, 0) is 13.8 Å². The number of fused-ring (bicyclic) bond motifs is 1. The predicted octanol–water partition coefficient (Wildman–Crippen LogP) is -2.27. The zero-order chi connectivity index (χ0) is 18.6. The van der Waals surface area contributed by atoms with Crippen molar-refractivity contribution < 1.29 is 38.2 Å². The van der Waals surface area contributed by atoms with Crippen molar-refractivity contribution in [1.29, 1.82) is 0 Å². The van der Waals surface area contributed by atoms with Crippen molar-refractivity contribution in [1.82, 2.24) is 19.5 Å². The van der Waals surface area contributed by atoms with Gasteiger partial charge >= 0.3 is 7.82 Å². The molecule has 0 spiro atoms. The maximum atomic E-state index is 14.6. The number of phosphoric ester groups is 1. The van der Waals surface area contributed by atoms with E-state index in [-0.39, 0.29) is 17.1 Å². The Labute approximate surface area is 137 Å². The number of imidazole rings is 1. The standard InChI is InChI=1S/C10H13FN5O8P/c11-10(19)5(17)3(1-23-25(20,21)22)24-8(10)16-2-13-4-6(16)14-9(12)15-7(4)18/h2-3,5,8,17,19H,1H2,(H2,20,21,22)(H3,12,14,15,18)/t3-,5-,8-,10-/m1/s1. The molecule has 0 aromatic carbocycles. The van der Waals surface area contributed by atoms with Crippen LogP contribution >= 0.6 is 7.82 Å². The summed E-state index contributed by atoms with van der Waals surface area (Å²) in [5.74, 6) is -3.70. The molecule has 0 aliphatic carbocycles. The van der Waals surface area contributed by atoms with Gasteiger partial charge < -0.3 is 30.5 Å². The van der Waals surface area contributed by atoms with Gasteiger partial charge in [-0.3, -0.25) is 18.9 Å². The fraction of sp³-hybridized carbons (Fsp3) is 0.500. The Kier molecular flexibility index (Phi) is 4.15. The minimum atomic E-state index is -4.91. The number of ether oxygens (including phenoxy) is 1. The number of nitrogen functional groups attached to an aromatic ring is 1. The van der Waals surface area contributed by atoms with E-state index in [4.69, 9.17) is 20.3 Å². The van der Waals surface area contributed by atoms with Crippen LogP contribution in [0.1, 0.15) is 6.23 Å². The van der Waals surface area contributed by atoms with E-state index in [1.165, 1.54) is 0 Å². The summed E-state index contributed by atoms with van der Waals surface area (Å²) in [4.78, 5) is 38.7. The highest BCUT2D eigenvalue weighted by molar-refractivity contribution is 7.46. The molecule has 3 rings (SSSR count). The number of halogens is 1. The van der Waals surface area contributed by atoms with Gasteiger partial charge in [0.1, 0.15) is 12.2 Å². The Morgan fingerprint density at radius 2 is 2.24 bits per heavy atom. The molecule has 4 atom stereocenters. The third-order valence-electron chi connectivity index (χ3n) is 3.53. The van der Waals surface area contributed by atoms with Crippen molar-refractivity contribution >= 4 is 24.9 Å². The number of hydrogen-bond donors (Lipinski definition) is 6. The van der Waals surface area contributed by atoms with Crippen LogP contribution in [0.25, 0.3) is 11.2 Å². The van der Waals surface area contributed by atoms with Crippen LogP contribution in [0.4, 0.5) is 10.3 Å². The van der Waals surface area contributed by atoms with Gasteiger partial charge in [0.05, 0.1) is 12.9 Å². The van der Waals surface area contributed by atoms with Gasteiger partial charge in [-0.25, -0.2) is 13.9 Å².